The number of hydrogen-bond donors (Lipinski definition) is 2. The standard InChI is InChI=1S/C12H11F2NO3S/c13-7-2-1-6(3-8(7)14)4-10-11(16)15-9(5-19-10)12(17)18/h1-3,9-10H,4-5H2,(H,15,16)(H,17,18)/t9-,10+/m0/s1. The van der Waals surface area contributed by atoms with E-state index in [-0.39, 0.29) is 12.2 Å². The summed E-state index contributed by atoms with van der Waals surface area (Å²) in [5.41, 5.74) is 0.500. The Morgan fingerprint density at radius 1 is 1.42 bits per heavy atom. The lowest BCUT2D eigenvalue weighted by molar-refractivity contribution is -0.141. The molecule has 1 aliphatic rings. The van der Waals surface area contributed by atoms with Gasteiger partial charge in [0.2, 0.25) is 5.91 Å². The van der Waals surface area contributed by atoms with Crippen molar-refractivity contribution in [2.75, 3.05) is 5.75 Å². The average molecular weight is 287 g/mol. The zero-order valence-corrected chi connectivity index (χ0v) is 10.5. The lowest BCUT2D eigenvalue weighted by Gasteiger charge is -2.26. The van der Waals surface area contributed by atoms with Gasteiger partial charge in [-0.2, -0.15) is 0 Å². The van der Waals surface area contributed by atoms with Gasteiger partial charge in [-0.25, -0.2) is 13.6 Å². The molecule has 0 spiro atoms. The molecule has 2 N–H and O–H groups in total. The molecule has 2 atom stereocenters. The van der Waals surface area contributed by atoms with Crippen LogP contribution in [0.4, 0.5) is 8.78 Å². The Morgan fingerprint density at radius 2 is 2.16 bits per heavy atom. The number of carboxylic acid groups (broad SMARTS) is 1. The van der Waals surface area contributed by atoms with Gasteiger partial charge in [0.1, 0.15) is 6.04 Å². The van der Waals surface area contributed by atoms with E-state index in [1.54, 1.807) is 0 Å². The number of nitrogens with one attached hydrogen (secondary N) is 1. The molecule has 1 heterocycles. The molecule has 1 fully saturated rings. The topological polar surface area (TPSA) is 66.4 Å². The SMILES string of the molecule is O=C(O)[C@@H]1CS[C@H](Cc2ccc(F)c(F)c2)C(=O)N1. The highest BCUT2D eigenvalue weighted by atomic mass is 32.2. The molecule has 1 amide bonds. The smallest absolute Gasteiger partial charge is 0.327 e. The van der Waals surface area contributed by atoms with E-state index in [0.29, 0.717) is 5.56 Å². The van der Waals surface area contributed by atoms with Crippen molar-refractivity contribution in [3.8, 4) is 0 Å². The van der Waals surface area contributed by atoms with E-state index < -0.39 is 34.8 Å². The molecule has 19 heavy (non-hydrogen) atoms. The molecule has 0 bridgehead atoms. The molecule has 1 aromatic carbocycles. The number of amides is 1. The number of halogens is 2. The molecule has 0 saturated carbocycles. The number of carbonyl (C=O) groups excluding carboxylic acids is 1. The van der Waals surface area contributed by atoms with Crippen molar-refractivity contribution < 1.29 is 23.5 Å². The number of hydrogen-bond acceptors (Lipinski definition) is 3. The number of thioether (sulfide) groups is 1. The van der Waals surface area contributed by atoms with Gasteiger partial charge in [0.25, 0.3) is 0 Å². The molecule has 2 rings (SSSR count). The van der Waals surface area contributed by atoms with E-state index in [2.05, 4.69) is 5.32 Å². The van der Waals surface area contributed by atoms with Crippen LogP contribution in [0, 0.1) is 11.6 Å². The number of carbonyl (C=O) groups is 2. The maximum absolute atomic E-state index is 13.0. The lowest BCUT2D eigenvalue weighted by atomic mass is 10.1. The van der Waals surface area contributed by atoms with Crippen LogP contribution in [-0.2, 0) is 16.0 Å². The first kappa shape index (κ1) is 13.8. The van der Waals surface area contributed by atoms with Gasteiger partial charge in [-0.15, -0.1) is 11.8 Å². The zero-order chi connectivity index (χ0) is 14.0. The van der Waals surface area contributed by atoms with E-state index in [1.165, 1.54) is 17.8 Å². The third-order valence-electron chi connectivity index (χ3n) is 2.78. The van der Waals surface area contributed by atoms with Crippen molar-refractivity contribution in [2.45, 2.75) is 17.7 Å². The van der Waals surface area contributed by atoms with Gasteiger partial charge in [-0.1, -0.05) is 6.07 Å². The largest absolute Gasteiger partial charge is 0.480 e. The second kappa shape index (κ2) is 5.56. The minimum Gasteiger partial charge on any atom is -0.480 e. The first-order valence-electron chi connectivity index (χ1n) is 5.56. The summed E-state index contributed by atoms with van der Waals surface area (Å²) < 4.78 is 25.8. The summed E-state index contributed by atoms with van der Waals surface area (Å²) in [5.74, 6) is -3.10. The Hall–Kier alpha value is -1.63. The summed E-state index contributed by atoms with van der Waals surface area (Å²) in [6.07, 6.45) is 0.236. The van der Waals surface area contributed by atoms with Crippen molar-refractivity contribution >= 4 is 23.6 Å². The molecule has 0 aromatic heterocycles. The zero-order valence-electron chi connectivity index (χ0n) is 9.73. The van der Waals surface area contributed by atoms with Crippen molar-refractivity contribution in [3.05, 3.63) is 35.4 Å². The number of rotatable bonds is 3. The van der Waals surface area contributed by atoms with Crippen LogP contribution in [0.2, 0.25) is 0 Å². The highest BCUT2D eigenvalue weighted by Crippen LogP contribution is 2.22. The molecule has 0 aliphatic carbocycles. The summed E-state index contributed by atoms with van der Waals surface area (Å²) in [6, 6.07) is 2.58. The first-order valence-corrected chi connectivity index (χ1v) is 6.61. The molecule has 0 unspecified atom stereocenters. The van der Waals surface area contributed by atoms with Crippen molar-refractivity contribution in [3.63, 3.8) is 0 Å². The fraction of sp³-hybridized carbons (Fsp3) is 0.333. The Labute approximate surface area is 112 Å². The van der Waals surface area contributed by atoms with Crippen LogP contribution in [0.3, 0.4) is 0 Å². The Kier molecular flexibility index (Phi) is 4.04. The first-order chi connectivity index (χ1) is 8.97. The quantitative estimate of drug-likeness (QED) is 0.876. The molecule has 7 heteroatoms. The Balaban J connectivity index is 2.02. The summed E-state index contributed by atoms with van der Waals surface area (Å²) in [4.78, 5) is 22.4. The van der Waals surface area contributed by atoms with Gasteiger partial charge in [-0.05, 0) is 24.1 Å². The van der Waals surface area contributed by atoms with E-state index in [4.69, 9.17) is 5.11 Å². The highest BCUT2D eigenvalue weighted by molar-refractivity contribution is 8.00. The van der Waals surface area contributed by atoms with Gasteiger partial charge in [0.05, 0.1) is 5.25 Å². The van der Waals surface area contributed by atoms with Crippen LogP contribution in [0.25, 0.3) is 0 Å². The molecule has 1 saturated heterocycles. The minimum atomic E-state index is -1.08. The maximum atomic E-state index is 13.0. The lowest BCUT2D eigenvalue weighted by Crippen LogP contribution is -2.51. The van der Waals surface area contributed by atoms with Crippen LogP contribution >= 0.6 is 11.8 Å². The number of carboxylic acids is 1. The van der Waals surface area contributed by atoms with Crippen LogP contribution in [0.5, 0.6) is 0 Å². The molecular weight excluding hydrogens is 276 g/mol. The molecule has 102 valence electrons. The van der Waals surface area contributed by atoms with E-state index in [9.17, 15) is 18.4 Å². The highest BCUT2D eigenvalue weighted by Gasteiger charge is 2.32. The van der Waals surface area contributed by atoms with Gasteiger partial charge >= 0.3 is 5.97 Å². The van der Waals surface area contributed by atoms with Crippen molar-refractivity contribution in [1.29, 1.82) is 0 Å². The molecule has 1 aromatic rings. The van der Waals surface area contributed by atoms with Gasteiger partial charge in [0, 0.05) is 5.75 Å². The van der Waals surface area contributed by atoms with Gasteiger partial charge in [-0.3, -0.25) is 4.79 Å². The van der Waals surface area contributed by atoms with E-state index in [0.717, 1.165) is 12.1 Å². The summed E-state index contributed by atoms with van der Waals surface area (Å²) >= 11 is 1.20. The van der Waals surface area contributed by atoms with Gasteiger partial charge < -0.3 is 10.4 Å². The van der Waals surface area contributed by atoms with Crippen LogP contribution < -0.4 is 5.32 Å². The number of aliphatic carboxylic acids is 1. The van der Waals surface area contributed by atoms with Crippen LogP contribution in [0.15, 0.2) is 18.2 Å². The third-order valence-corrected chi connectivity index (χ3v) is 4.09. The fourth-order valence-corrected chi connectivity index (χ4v) is 2.94. The van der Waals surface area contributed by atoms with Crippen LogP contribution in [0.1, 0.15) is 5.56 Å². The average Bonchev–Trinajstić information content (AvgIpc) is 2.36. The third kappa shape index (κ3) is 3.23. The Morgan fingerprint density at radius 3 is 2.74 bits per heavy atom. The Bertz CT molecular complexity index is 524. The maximum Gasteiger partial charge on any atom is 0.327 e. The molecule has 1 aliphatic heterocycles. The predicted molar refractivity (Wildman–Crippen MR) is 65.9 cm³/mol. The van der Waals surface area contributed by atoms with Gasteiger partial charge in [0.15, 0.2) is 11.6 Å². The monoisotopic (exact) mass is 287 g/mol. The normalized spacial score (nSPS) is 22.9. The predicted octanol–water partition coefficient (Wildman–Crippen LogP) is 1.19. The summed E-state index contributed by atoms with van der Waals surface area (Å²) in [7, 11) is 0. The summed E-state index contributed by atoms with van der Waals surface area (Å²) in [5, 5.41) is 10.7. The van der Waals surface area contributed by atoms with Crippen molar-refractivity contribution in [1.82, 2.24) is 5.32 Å². The van der Waals surface area contributed by atoms with Crippen molar-refractivity contribution in [2.24, 2.45) is 0 Å². The molecular formula is C12H11F2NO3S. The summed E-state index contributed by atoms with van der Waals surface area (Å²) in [6.45, 7) is 0. The molecule has 0 radical (unpaired) electrons. The van der Waals surface area contributed by atoms with E-state index >= 15 is 0 Å². The second-order valence-electron chi connectivity index (χ2n) is 4.17. The second-order valence-corrected chi connectivity index (χ2v) is 5.41. The fourth-order valence-electron chi connectivity index (χ4n) is 1.76. The number of benzene rings is 1. The minimum absolute atomic E-state index is 0.236. The van der Waals surface area contributed by atoms with Crippen LogP contribution in [-0.4, -0.2) is 34.0 Å². The molecule has 4 nitrogen and oxygen atoms in total. The van der Waals surface area contributed by atoms with E-state index in [1.807, 2.05) is 0 Å².